The number of nitrogens with zero attached hydrogens (tertiary/aromatic N) is 2. The third-order valence-electron chi connectivity index (χ3n) is 3.98. The summed E-state index contributed by atoms with van der Waals surface area (Å²) in [4.78, 5) is 24.3. The third kappa shape index (κ3) is 3.40. The highest BCUT2D eigenvalue weighted by Crippen LogP contribution is 2.25. The third-order valence-corrected chi connectivity index (χ3v) is 3.98. The monoisotopic (exact) mass is 332 g/mol. The first-order valence-electron chi connectivity index (χ1n) is 7.44. The van der Waals surface area contributed by atoms with Crippen LogP contribution >= 0.6 is 0 Å². The van der Waals surface area contributed by atoms with E-state index in [2.05, 4.69) is 5.10 Å². The molecule has 0 aliphatic rings. The number of carbonyl (C=O) groups excluding carboxylic acids is 2. The second kappa shape index (κ2) is 6.74. The van der Waals surface area contributed by atoms with Gasteiger partial charge in [-0.05, 0) is 32.9 Å². The van der Waals surface area contributed by atoms with Crippen LogP contribution in [-0.2, 0) is 16.6 Å². The molecule has 24 heavy (non-hydrogen) atoms. The van der Waals surface area contributed by atoms with Gasteiger partial charge in [0.15, 0.2) is 6.61 Å². The number of aromatic nitrogens is 2. The molecule has 1 heterocycles. The van der Waals surface area contributed by atoms with Crippen molar-refractivity contribution in [3.8, 4) is 11.5 Å². The summed E-state index contributed by atoms with van der Waals surface area (Å²) in [5, 5.41) is 23.1. The van der Waals surface area contributed by atoms with Crippen molar-refractivity contribution in [1.82, 2.24) is 9.78 Å². The first-order valence-corrected chi connectivity index (χ1v) is 7.44. The van der Waals surface area contributed by atoms with Crippen molar-refractivity contribution in [2.24, 2.45) is 7.05 Å². The number of benzene rings is 1. The van der Waals surface area contributed by atoms with E-state index in [0.717, 1.165) is 23.0 Å². The zero-order chi connectivity index (χ0) is 18.0. The quantitative estimate of drug-likeness (QED) is 0.641. The van der Waals surface area contributed by atoms with E-state index in [1.807, 2.05) is 13.8 Å². The van der Waals surface area contributed by atoms with Gasteiger partial charge in [0, 0.05) is 24.4 Å². The second-order valence-corrected chi connectivity index (χ2v) is 5.66. The number of Topliss-reactive ketones (excluding diaryl/α,β-unsaturated/α-hetero) is 1. The van der Waals surface area contributed by atoms with Gasteiger partial charge in [0.25, 0.3) is 0 Å². The van der Waals surface area contributed by atoms with Gasteiger partial charge in [0.1, 0.15) is 11.5 Å². The number of rotatable bonds is 5. The highest BCUT2D eigenvalue weighted by Gasteiger charge is 2.25. The van der Waals surface area contributed by atoms with E-state index in [0.29, 0.717) is 0 Å². The number of esters is 1. The van der Waals surface area contributed by atoms with Gasteiger partial charge in [-0.3, -0.25) is 14.3 Å². The van der Waals surface area contributed by atoms with Crippen LogP contribution < -0.4 is 0 Å². The lowest BCUT2D eigenvalue weighted by atomic mass is 9.99. The highest BCUT2D eigenvalue weighted by molar-refractivity contribution is 6.00. The summed E-state index contributed by atoms with van der Waals surface area (Å²) < 4.78 is 6.77. The summed E-state index contributed by atoms with van der Waals surface area (Å²) in [7, 11) is 1.79. The Hall–Kier alpha value is -2.83. The lowest BCUT2D eigenvalue weighted by Gasteiger charge is -2.12. The Balaban J connectivity index is 2.06. The van der Waals surface area contributed by atoms with Crippen LogP contribution in [0.15, 0.2) is 18.2 Å². The Morgan fingerprint density at radius 2 is 1.96 bits per heavy atom. The number of hydrogen-bond donors (Lipinski definition) is 2. The number of ether oxygens (including phenoxy) is 1. The number of aryl methyl sites for hydroxylation is 2. The van der Waals surface area contributed by atoms with Crippen molar-refractivity contribution in [3.63, 3.8) is 0 Å². The van der Waals surface area contributed by atoms with E-state index < -0.39 is 24.3 Å². The predicted octanol–water partition coefficient (Wildman–Crippen LogP) is 1.98. The number of carbonyl (C=O) groups is 2. The van der Waals surface area contributed by atoms with Gasteiger partial charge < -0.3 is 14.9 Å². The van der Waals surface area contributed by atoms with Crippen LogP contribution in [0, 0.1) is 13.8 Å². The van der Waals surface area contributed by atoms with Crippen LogP contribution in [0.5, 0.6) is 11.5 Å². The molecule has 0 spiro atoms. The molecule has 0 radical (unpaired) electrons. The minimum absolute atomic E-state index is 0.0120. The van der Waals surface area contributed by atoms with Gasteiger partial charge in [0.2, 0.25) is 5.78 Å². The average Bonchev–Trinajstić information content (AvgIpc) is 2.76. The second-order valence-electron chi connectivity index (χ2n) is 5.66. The highest BCUT2D eigenvalue weighted by atomic mass is 16.5. The van der Waals surface area contributed by atoms with E-state index in [1.165, 1.54) is 12.1 Å². The minimum Gasteiger partial charge on any atom is -0.508 e. The molecule has 0 bridgehead atoms. The molecule has 2 N–H and O–H groups in total. The molecule has 7 heteroatoms. The van der Waals surface area contributed by atoms with Crippen molar-refractivity contribution >= 4 is 11.8 Å². The molecule has 0 aliphatic carbocycles. The normalized spacial score (nSPS) is 12.0. The number of hydrogen-bond acceptors (Lipinski definition) is 6. The molecule has 0 unspecified atom stereocenters. The molecule has 1 aromatic carbocycles. The van der Waals surface area contributed by atoms with E-state index in [9.17, 15) is 19.8 Å². The molecule has 0 saturated carbocycles. The topological polar surface area (TPSA) is 102 Å². The summed E-state index contributed by atoms with van der Waals surface area (Å²) in [5.41, 5.74) is 2.37. The Kier molecular flexibility index (Phi) is 4.92. The van der Waals surface area contributed by atoms with Crippen molar-refractivity contribution in [3.05, 3.63) is 40.7 Å². The summed E-state index contributed by atoms with van der Waals surface area (Å²) >= 11 is 0. The maximum Gasteiger partial charge on any atom is 0.313 e. The molecule has 0 amide bonds. The molecule has 0 aliphatic heterocycles. The lowest BCUT2D eigenvalue weighted by Crippen LogP contribution is -2.19. The zero-order valence-electron chi connectivity index (χ0n) is 14.0. The first-order chi connectivity index (χ1) is 11.2. The van der Waals surface area contributed by atoms with E-state index in [-0.39, 0.29) is 17.1 Å². The van der Waals surface area contributed by atoms with E-state index >= 15 is 0 Å². The summed E-state index contributed by atoms with van der Waals surface area (Å²) in [6.07, 6.45) is 0. The van der Waals surface area contributed by atoms with Crippen molar-refractivity contribution in [1.29, 1.82) is 0 Å². The van der Waals surface area contributed by atoms with Crippen LogP contribution in [0.4, 0.5) is 0 Å². The Bertz CT molecular complexity index is 795. The molecular weight excluding hydrogens is 312 g/mol. The SMILES string of the molecule is Cc1nn(C)c(C)c1[C@H](C)C(=O)OCC(=O)c1ccc(O)cc1O. The van der Waals surface area contributed by atoms with Crippen LogP contribution in [0.3, 0.4) is 0 Å². The molecule has 7 nitrogen and oxygen atoms in total. The largest absolute Gasteiger partial charge is 0.508 e. The van der Waals surface area contributed by atoms with E-state index in [4.69, 9.17) is 4.74 Å². The van der Waals surface area contributed by atoms with E-state index in [1.54, 1.807) is 18.7 Å². The number of phenolic OH excluding ortho intramolecular Hbond substituents is 2. The molecule has 1 aromatic heterocycles. The summed E-state index contributed by atoms with van der Waals surface area (Å²) in [5.74, 6) is -2.16. The zero-order valence-corrected chi connectivity index (χ0v) is 14.0. The smallest absolute Gasteiger partial charge is 0.313 e. The molecule has 1 atom stereocenters. The Morgan fingerprint density at radius 1 is 1.29 bits per heavy atom. The van der Waals surface area contributed by atoms with Crippen LogP contribution in [0.25, 0.3) is 0 Å². The predicted molar refractivity (Wildman–Crippen MR) is 86.2 cm³/mol. The average molecular weight is 332 g/mol. The Morgan fingerprint density at radius 3 is 2.50 bits per heavy atom. The molecular formula is C17H20N2O5. The maximum atomic E-state index is 12.2. The molecule has 2 rings (SSSR count). The van der Waals surface area contributed by atoms with Gasteiger partial charge in [-0.1, -0.05) is 0 Å². The summed E-state index contributed by atoms with van der Waals surface area (Å²) in [6, 6.07) is 3.61. The van der Waals surface area contributed by atoms with Gasteiger partial charge in [-0.25, -0.2) is 0 Å². The first kappa shape index (κ1) is 17.5. The fourth-order valence-corrected chi connectivity index (χ4v) is 2.63. The van der Waals surface area contributed by atoms with Crippen LogP contribution in [0.2, 0.25) is 0 Å². The molecule has 0 saturated heterocycles. The van der Waals surface area contributed by atoms with Gasteiger partial charge in [-0.2, -0.15) is 5.10 Å². The fraction of sp³-hybridized carbons (Fsp3) is 0.353. The molecule has 0 fully saturated rings. The van der Waals surface area contributed by atoms with Gasteiger partial charge in [0.05, 0.1) is 17.2 Å². The molecule has 2 aromatic rings. The van der Waals surface area contributed by atoms with Crippen LogP contribution in [0.1, 0.15) is 40.2 Å². The number of aromatic hydroxyl groups is 2. The van der Waals surface area contributed by atoms with Crippen molar-refractivity contribution < 1.29 is 24.5 Å². The van der Waals surface area contributed by atoms with Gasteiger partial charge >= 0.3 is 5.97 Å². The van der Waals surface area contributed by atoms with Crippen LogP contribution in [-0.4, -0.2) is 38.4 Å². The number of phenols is 2. The summed E-state index contributed by atoms with van der Waals surface area (Å²) in [6.45, 7) is 4.88. The maximum absolute atomic E-state index is 12.2. The van der Waals surface area contributed by atoms with Crippen molar-refractivity contribution in [2.75, 3.05) is 6.61 Å². The Labute approximate surface area is 139 Å². The molecule has 128 valence electrons. The van der Waals surface area contributed by atoms with Crippen molar-refractivity contribution in [2.45, 2.75) is 26.7 Å². The fourth-order valence-electron chi connectivity index (χ4n) is 2.63. The number of ketones is 1. The minimum atomic E-state index is -0.556. The standard InChI is InChI=1S/C17H20N2O5/c1-9(16-10(2)18-19(4)11(16)3)17(23)24-8-15(22)13-6-5-12(20)7-14(13)21/h5-7,9,20-21H,8H2,1-4H3/t9-/m0/s1. The van der Waals surface area contributed by atoms with Gasteiger partial charge in [-0.15, -0.1) is 0 Å². The lowest BCUT2D eigenvalue weighted by molar-refractivity contribution is -0.143.